The minimum atomic E-state index is 0.0110. The van der Waals surface area contributed by atoms with Crippen molar-refractivity contribution in [2.24, 2.45) is 0 Å². The second-order valence-electron chi connectivity index (χ2n) is 6.20. The number of hydrogen-bond donors (Lipinski definition) is 3. The zero-order chi connectivity index (χ0) is 18.6. The lowest BCUT2D eigenvalue weighted by molar-refractivity contribution is 0.301. The molecule has 4 rings (SSSR count). The molecule has 0 bridgehead atoms. The highest BCUT2D eigenvalue weighted by molar-refractivity contribution is 7.30. The van der Waals surface area contributed by atoms with Crippen LogP contribution < -0.4 is 9.61 Å². The van der Waals surface area contributed by atoms with Crippen LogP contribution in [0.3, 0.4) is 0 Å². The normalized spacial score (nSPS) is 11.6. The standard InChI is InChI=1S/C22H20NO3P/c24-14-13-23-27-26-20-12-10-16-6-2-4-8-18(16)22(20)21-17-7-3-1-5-15(17)9-11-19(21)25/h1-12,23-25,27H,13-14H2. The molecule has 0 spiro atoms. The Hall–Kier alpha value is -2.65. The molecule has 5 heteroatoms. The topological polar surface area (TPSA) is 61.7 Å². The fourth-order valence-electron chi connectivity index (χ4n) is 3.32. The van der Waals surface area contributed by atoms with Gasteiger partial charge in [-0.3, -0.25) is 5.09 Å². The average molecular weight is 377 g/mol. The van der Waals surface area contributed by atoms with Gasteiger partial charge >= 0.3 is 0 Å². The number of benzene rings is 4. The maximum atomic E-state index is 10.8. The van der Waals surface area contributed by atoms with Crippen LogP contribution in [-0.4, -0.2) is 23.4 Å². The van der Waals surface area contributed by atoms with Crippen LogP contribution in [0.2, 0.25) is 0 Å². The second kappa shape index (κ2) is 7.93. The molecule has 4 aromatic carbocycles. The molecule has 27 heavy (non-hydrogen) atoms. The van der Waals surface area contributed by atoms with E-state index in [1.165, 1.54) is 0 Å². The van der Waals surface area contributed by atoms with E-state index in [1.807, 2.05) is 60.7 Å². The Morgan fingerprint density at radius 2 is 1.41 bits per heavy atom. The summed E-state index contributed by atoms with van der Waals surface area (Å²) in [5, 5.41) is 26.9. The number of hydrogen-bond acceptors (Lipinski definition) is 4. The minimum Gasteiger partial charge on any atom is -0.507 e. The molecule has 136 valence electrons. The van der Waals surface area contributed by atoms with Crippen molar-refractivity contribution in [3.8, 4) is 22.6 Å². The van der Waals surface area contributed by atoms with Crippen molar-refractivity contribution in [1.29, 1.82) is 0 Å². The molecule has 1 unspecified atom stereocenters. The van der Waals surface area contributed by atoms with Gasteiger partial charge in [0, 0.05) is 17.7 Å². The van der Waals surface area contributed by atoms with E-state index in [0.29, 0.717) is 12.3 Å². The predicted molar refractivity (Wildman–Crippen MR) is 113 cm³/mol. The lowest BCUT2D eigenvalue weighted by Crippen LogP contribution is -2.09. The van der Waals surface area contributed by atoms with Gasteiger partial charge in [0.1, 0.15) is 20.5 Å². The number of aliphatic hydroxyl groups is 1. The van der Waals surface area contributed by atoms with Crippen LogP contribution in [0.4, 0.5) is 0 Å². The summed E-state index contributed by atoms with van der Waals surface area (Å²) in [5.74, 6) is 0.922. The molecule has 0 aliphatic carbocycles. The summed E-state index contributed by atoms with van der Waals surface area (Å²) in [6.45, 7) is 0.534. The molecule has 4 aromatic rings. The average Bonchev–Trinajstić information content (AvgIpc) is 2.71. The lowest BCUT2D eigenvalue weighted by Gasteiger charge is -2.17. The first-order chi connectivity index (χ1) is 13.3. The van der Waals surface area contributed by atoms with E-state index in [9.17, 15) is 5.11 Å². The molecule has 0 radical (unpaired) electrons. The Kier molecular flexibility index (Phi) is 5.21. The molecule has 0 fully saturated rings. The van der Waals surface area contributed by atoms with Crippen molar-refractivity contribution in [2.45, 2.75) is 0 Å². The van der Waals surface area contributed by atoms with Gasteiger partial charge in [-0.25, -0.2) is 0 Å². The van der Waals surface area contributed by atoms with Gasteiger partial charge in [-0.1, -0.05) is 60.7 Å². The number of aromatic hydroxyl groups is 1. The molecule has 0 amide bonds. The first-order valence-electron chi connectivity index (χ1n) is 8.78. The van der Waals surface area contributed by atoms with Gasteiger partial charge in [0.15, 0.2) is 0 Å². The maximum Gasteiger partial charge on any atom is 0.146 e. The molecule has 1 atom stereocenters. The summed E-state index contributed by atoms with van der Waals surface area (Å²) in [6, 6.07) is 23.7. The van der Waals surface area contributed by atoms with Gasteiger partial charge in [0.25, 0.3) is 0 Å². The first kappa shape index (κ1) is 17.7. The minimum absolute atomic E-state index is 0.0110. The maximum absolute atomic E-state index is 10.8. The summed E-state index contributed by atoms with van der Waals surface area (Å²) < 4.78 is 6.00. The number of rotatable bonds is 6. The number of fused-ring (bicyclic) bond motifs is 2. The van der Waals surface area contributed by atoms with Crippen molar-refractivity contribution in [1.82, 2.24) is 5.09 Å². The molecule has 0 saturated heterocycles. The Morgan fingerprint density at radius 1 is 0.778 bits per heavy atom. The summed E-state index contributed by atoms with van der Waals surface area (Å²) >= 11 is 0. The van der Waals surface area contributed by atoms with Gasteiger partial charge in [-0.2, -0.15) is 0 Å². The number of phenolic OH excluding ortho intramolecular Hbond substituents is 1. The van der Waals surface area contributed by atoms with E-state index in [-0.39, 0.29) is 21.3 Å². The van der Waals surface area contributed by atoms with E-state index >= 15 is 0 Å². The number of aliphatic hydroxyl groups excluding tert-OH is 1. The second-order valence-corrected chi connectivity index (χ2v) is 6.96. The van der Waals surface area contributed by atoms with Crippen molar-refractivity contribution >= 4 is 30.5 Å². The van der Waals surface area contributed by atoms with E-state index in [0.717, 1.165) is 32.7 Å². The van der Waals surface area contributed by atoms with Crippen LogP contribution in [0.5, 0.6) is 11.5 Å². The van der Waals surface area contributed by atoms with Crippen molar-refractivity contribution in [3.05, 3.63) is 72.8 Å². The summed E-state index contributed by atoms with van der Waals surface area (Å²) in [5.41, 5.74) is 1.65. The largest absolute Gasteiger partial charge is 0.507 e. The summed E-state index contributed by atoms with van der Waals surface area (Å²) in [7, 11) is 0.0110. The Bertz CT molecular complexity index is 1100. The third-order valence-corrected chi connectivity index (χ3v) is 5.23. The molecule has 4 nitrogen and oxygen atoms in total. The van der Waals surface area contributed by atoms with Gasteiger partial charge in [0.2, 0.25) is 0 Å². The van der Waals surface area contributed by atoms with Crippen LogP contribution in [0, 0.1) is 0 Å². The Morgan fingerprint density at radius 3 is 2.11 bits per heavy atom. The van der Waals surface area contributed by atoms with Crippen LogP contribution in [0.1, 0.15) is 0 Å². The Labute approximate surface area is 159 Å². The quantitative estimate of drug-likeness (QED) is 0.333. The molecular weight excluding hydrogens is 357 g/mol. The summed E-state index contributed by atoms with van der Waals surface area (Å²) in [6.07, 6.45) is 0. The van der Waals surface area contributed by atoms with Crippen molar-refractivity contribution in [2.75, 3.05) is 13.2 Å². The van der Waals surface area contributed by atoms with Crippen LogP contribution in [-0.2, 0) is 0 Å². The fourth-order valence-corrected chi connectivity index (χ4v) is 3.88. The predicted octanol–water partition coefficient (Wildman–Crippen LogP) is 4.83. The first-order valence-corrected chi connectivity index (χ1v) is 9.69. The number of nitrogens with one attached hydrogen (secondary N) is 1. The van der Waals surface area contributed by atoms with Crippen molar-refractivity contribution in [3.63, 3.8) is 0 Å². The smallest absolute Gasteiger partial charge is 0.146 e. The van der Waals surface area contributed by atoms with E-state index in [4.69, 9.17) is 9.63 Å². The molecule has 0 saturated carbocycles. The SMILES string of the molecule is OCCNPOc1ccc2ccccc2c1-c1c(O)ccc2ccccc12. The summed E-state index contributed by atoms with van der Waals surface area (Å²) in [4.78, 5) is 0. The highest BCUT2D eigenvalue weighted by Crippen LogP contribution is 2.45. The van der Waals surface area contributed by atoms with Crippen LogP contribution in [0.25, 0.3) is 32.7 Å². The van der Waals surface area contributed by atoms with E-state index in [2.05, 4.69) is 11.2 Å². The molecular formula is C22H20NO3P. The van der Waals surface area contributed by atoms with Crippen LogP contribution in [0.15, 0.2) is 72.8 Å². The van der Waals surface area contributed by atoms with Gasteiger partial charge in [-0.05, 0) is 33.7 Å². The van der Waals surface area contributed by atoms with Crippen LogP contribution >= 0.6 is 8.96 Å². The molecule has 0 aliphatic heterocycles. The lowest BCUT2D eigenvalue weighted by atomic mass is 9.92. The molecule has 0 aliphatic rings. The van der Waals surface area contributed by atoms with Gasteiger partial charge in [0.05, 0.1) is 6.61 Å². The highest BCUT2D eigenvalue weighted by atomic mass is 31.1. The monoisotopic (exact) mass is 377 g/mol. The number of phenols is 1. The third kappa shape index (κ3) is 3.47. The third-order valence-electron chi connectivity index (χ3n) is 4.52. The molecule has 3 N–H and O–H groups in total. The molecule has 0 heterocycles. The molecule has 0 aromatic heterocycles. The van der Waals surface area contributed by atoms with Crippen molar-refractivity contribution < 1.29 is 14.7 Å². The zero-order valence-corrected chi connectivity index (χ0v) is 15.6. The zero-order valence-electron chi connectivity index (χ0n) is 14.6. The van der Waals surface area contributed by atoms with Gasteiger partial charge < -0.3 is 14.7 Å². The van der Waals surface area contributed by atoms with E-state index < -0.39 is 0 Å². The van der Waals surface area contributed by atoms with E-state index in [1.54, 1.807) is 6.07 Å². The van der Waals surface area contributed by atoms with Gasteiger partial charge in [-0.15, -0.1) is 0 Å². The fraction of sp³-hybridized carbons (Fsp3) is 0.0909. The highest BCUT2D eigenvalue weighted by Gasteiger charge is 2.17. The Balaban J connectivity index is 1.96.